The molecule has 2 aromatic carbocycles. The van der Waals surface area contributed by atoms with Crippen molar-refractivity contribution in [2.45, 2.75) is 13.5 Å². The Morgan fingerprint density at radius 3 is 2.38 bits per heavy atom. The number of guanidine groups is 1. The summed E-state index contributed by atoms with van der Waals surface area (Å²) in [4.78, 5) is 4.21. The first-order valence-corrected chi connectivity index (χ1v) is 7.77. The van der Waals surface area contributed by atoms with Crippen LogP contribution in [0.3, 0.4) is 0 Å². The van der Waals surface area contributed by atoms with E-state index in [1.165, 1.54) is 6.07 Å². The van der Waals surface area contributed by atoms with E-state index in [1.807, 2.05) is 0 Å². The lowest BCUT2D eigenvalue weighted by atomic mass is 10.2. The number of nitrogens with two attached hydrogens (primary N) is 1. The Balaban J connectivity index is 0.00000338. The fraction of sp³-hybridized carbons (Fsp3) is 0.278. The van der Waals surface area contributed by atoms with Gasteiger partial charge < -0.3 is 25.3 Å². The Morgan fingerprint density at radius 1 is 1.08 bits per heavy atom. The zero-order chi connectivity index (χ0) is 18.2. The average molecular weight is 475 g/mol. The molecule has 0 fully saturated rings. The largest absolute Gasteiger partial charge is 0.493 e. The molecule has 8 heteroatoms. The molecule has 3 N–H and O–H groups in total. The number of anilines is 1. The van der Waals surface area contributed by atoms with Gasteiger partial charge in [-0.3, -0.25) is 0 Å². The normalized spacial score (nSPS) is 10.7. The second kappa shape index (κ2) is 10.7. The third-order valence-corrected chi connectivity index (χ3v) is 3.38. The van der Waals surface area contributed by atoms with Crippen LogP contribution in [0.25, 0.3) is 0 Å². The number of aliphatic imine (C=N–C) groups is 1. The first-order chi connectivity index (χ1) is 12.1. The fourth-order valence-electron chi connectivity index (χ4n) is 2.19. The monoisotopic (exact) mass is 475 g/mol. The standard InChI is InChI=1S/C18H22FN3O3.HI/c1-4-25-15-7-5-12(9-14(15)19)11-21-18(20)22-13-6-8-16(23-2)17(10-13)24-3;/h5-10H,4,11H2,1-3H3,(H3,20,21,22);1H. The summed E-state index contributed by atoms with van der Waals surface area (Å²) in [6.45, 7) is 2.46. The van der Waals surface area contributed by atoms with Crippen LogP contribution in [0.15, 0.2) is 41.4 Å². The van der Waals surface area contributed by atoms with E-state index >= 15 is 0 Å². The SMILES string of the molecule is CCOc1ccc(CN=C(N)Nc2ccc(OC)c(OC)c2)cc1F.I. The number of nitrogens with zero attached hydrogens (tertiary/aromatic N) is 1. The number of hydrogen-bond donors (Lipinski definition) is 2. The Hall–Kier alpha value is -2.23. The molecule has 0 bridgehead atoms. The molecule has 2 aromatic rings. The maximum Gasteiger partial charge on any atom is 0.193 e. The zero-order valence-electron chi connectivity index (χ0n) is 14.9. The summed E-state index contributed by atoms with van der Waals surface area (Å²) in [5.74, 6) is 1.22. The van der Waals surface area contributed by atoms with Crippen molar-refractivity contribution in [3.63, 3.8) is 0 Å². The first-order valence-electron chi connectivity index (χ1n) is 7.77. The van der Waals surface area contributed by atoms with Gasteiger partial charge in [0.05, 0.1) is 27.4 Å². The van der Waals surface area contributed by atoms with Crippen LogP contribution in [0.2, 0.25) is 0 Å². The molecule has 0 saturated heterocycles. The molecule has 6 nitrogen and oxygen atoms in total. The molecule has 0 amide bonds. The van der Waals surface area contributed by atoms with Gasteiger partial charge in [-0.25, -0.2) is 9.38 Å². The van der Waals surface area contributed by atoms with E-state index in [9.17, 15) is 4.39 Å². The molecule has 0 atom stereocenters. The molecule has 0 aromatic heterocycles. The molecule has 0 unspecified atom stereocenters. The minimum Gasteiger partial charge on any atom is -0.493 e. The van der Waals surface area contributed by atoms with Gasteiger partial charge in [0.2, 0.25) is 0 Å². The van der Waals surface area contributed by atoms with E-state index in [1.54, 1.807) is 51.5 Å². The highest BCUT2D eigenvalue weighted by Gasteiger charge is 2.06. The summed E-state index contributed by atoms with van der Waals surface area (Å²) in [7, 11) is 3.12. The van der Waals surface area contributed by atoms with E-state index in [0.717, 1.165) is 0 Å². The van der Waals surface area contributed by atoms with Crippen molar-refractivity contribution in [3.8, 4) is 17.2 Å². The predicted octanol–water partition coefficient (Wildman–Crippen LogP) is 3.79. The van der Waals surface area contributed by atoms with Gasteiger partial charge in [-0.05, 0) is 36.8 Å². The lowest BCUT2D eigenvalue weighted by Crippen LogP contribution is -2.22. The summed E-state index contributed by atoms with van der Waals surface area (Å²) in [6, 6.07) is 10.0. The lowest BCUT2D eigenvalue weighted by Gasteiger charge is -2.11. The van der Waals surface area contributed by atoms with Crippen LogP contribution >= 0.6 is 24.0 Å². The highest BCUT2D eigenvalue weighted by atomic mass is 127. The maximum atomic E-state index is 13.8. The van der Waals surface area contributed by atoms with Crippen LogP contribution in [-0.2, 0) is 6.54 Å². The van der Waals surface area contributed by atoms with Crippen LogP contribution in [0, 0.1) is 5.82 Å². The number of rotatable bonds is 7. The molecule has 2 rings (SSSR count). The van der Waals surface area contributed by atoms with Gasteiger partial charge >= 0.3 is 0 Å². The van der Waals surface area contributed by atoms with Crippen molar-refractivity contribution < 1.29 is 18.6 Å². The van der Waals surface area contributed by atoms with E-state index < -0.39 is 5.82 Å². The molecule has 0 spiro atoms. The highest BCUT2D eigenvalue weighted by molar-refractivity contribution is 14.0. The van der Waals surface area contributed by atoms with Crippen LogP contribution in [0.4, 0.5) is 10.1 Å². The minimum absolute atomic E-state index is 0. The Morgan fingerprint density at radius 2 is 1.77 bits per heavy atom. The van der Waals surface area contributed by atoms with E-state index in [4.69, 9.17) is 19.9 Å². The van der Waals surface area contributed by atoms with Gasteiger partial charge in [-0.2, -0.15) is 0 Å². The first kappa shape index (κ1) is 21.8. The minimum atomic E-state index is -0.416. The number of hydrogen-bond acceptors (Lipinski definition) is 4. The van der Waals surface area contributed by atoms with Crippen molar-refractivity contribution >= 4 is 35.6 Å². The number of benzene rings is 2. The summed E-state index contributed by atoms with van der Waals surface area (Å²) in [5.41, 5.74) is 7.28. The number of halogens is 2. The maximum absolute atomic E-state index is 13.8. The number of methoxy groups -OCH3 is 2. The van der Waals surface area contributed by atoms with Crippen molar-refractivity contribution in [2.75, 3.05) is 26.1 Å². The lowest BCUT2D eigenvalue weighted by molar-refractivity contribution is 0.321. The third kappa shape index (κ3) is 5.94. The quantitative estimate of drug-likeness (QED) is 0.362. The summed E-state index contributed by atoms with van der Waals surface area (Å²) in [6.07, 6.45) is 0. The van der Waals surface area contributed by atoms with Gasteiger partial charge in [-0.1, -0.05) is 6.07 Å². The van der Waals surface area contributed by atoms with E-state index in [2.05, 4.69) is 10.3 Å². The molecule has 0 heterocycles. The van der Waals surface area contributed by atoms with Crippen molar-refractivity contribution in [3.05, 3.63) is 47.8 Å². The molecule has 0 saturated carbocycles. The summed E-state index contributed by atoms with van der Waals surface area (Å²) >= 11 is 0. The average Bonchev–Trinajstić information content (AvgIpc) is 2.62. The second-order valence-electron chi connectivity index (χ2n) is 5.09. The highest BCUT2D eigenvalue weighted by Crippen LogP contribution is 2.29. The Labute approximate surface area is 169 Å². The van der Waals surface area contributed by atoms with Crippen LogP contribution in [0.5, 0.6) is 17.2 Å². The topological polar surface area (TPSA) is 78.1 Å². The van der Waals surface area contributed by atoms with Gasteiger partial charge in [0.15, 0.2) is 29.0 Å². The smallest absolute Gasteiger partial charge is 0.193 e. The molecule has 142 valence electrons. The number of ether oxygens (including phenoxy) is 3. The Kier molecular flexibility index (Phi) is 8.97. The van der Waals surface area contributed by atoms with Crippen molar-refractivity contribution in [1.29, 1.82) is 0 Å². The van der Waals surface area contributed by atoms with Gasteiger partial charge in [0.25, 0.3) is 0 Å². The molecule has 0 aliphatic carbocycles. The van der Waals surface area contributed by atoms with Gasteiger partial charge in [-0.15, -0.1) is 24.0 Å². The molecule has 26 heavy (non-hydrogen) atoms. The van der Waals surface area contributed by atoms with Gasteiger partial charge in [0.1, 0.15) is 0 Å². The zero-order valence-corrected chi connectivity index (χ0v) is 17.2. The van der Waals surface area contributed by atoms with Crippen LogP contribution < -0.4 is 25.3 Å². The summed E-state index contributed by atoms with van der Waals surface area (Å²) < 4.78 is 29.4. The molecule has 0 aliphatic heterocycles. The molecule has 0 aliphatic rings. The molecule has 0 radical (unpaired) electrons. The fourth-order valence-corrected chi connectivity index (χ4v) is 2.19. The van der Waals surface area contributed by atoms with E-state index in [0.29, 0.717) is 29.4 Å². The molecular formula is C18H23FIN3O3. The van der Waals surface area contributed by atoms with Crippen LogP contribution in [-0.4, -0.2) is 26.8 Å². The Bertz CT molecular complexity index is 756. The van der Waals surface area contributed by atoms with Crippen molar-refractivity contribution in [1.82, 2.24) is 0 Å². The van der Waals surface area contributed by atoms with E-state index in [-0.39, 0.29) is 42.2 Å². The van der Waals surface area contributed by atoms with Crippen molar-refractivity contribution in [2.24, 2.45) is 10.7 Å². The second-order valence-corrected chi connectivity index (χ2v) is 5.09. The van der Waals surface area contributed by atoms with Gasteiger partial charge in [0, 0.05) is 11.8 Å². The third-order valence-electron chi connectivity index (χ3n) is 3.38. The molecular weight excluding hydrogens is 452 g/mol. The number of nitrogens with one attached hydrogen (secondary N) is 1. The van der Waals surface area contributed by atoms with Crippen LogP contribution in [0.1, 0.15) is 12.5 Å². The summed E-state index contributed by atoms with van der Waals surface area (Å²) in [5, 5.41) is 2.96. The predicted molar refractivity (Wildman–Crippen MR) is 111 cm³/mol.